The minimum atomic E-state index is -0.263. The van der Waals surface area contributed by atoms with Crippen molar-refractivity contribution >= 4 is 27.8 Å². The first-order chi connectivity index (χ1) is 23.9. The number of hydrogen-bond donors (Lipinski definition) is 0. The maximum absolute atomic E-state index is 6.92. The van der Waals surface area contributed by atoms with Gasteiger partial charge in [0.2, 0.25) is 0 Å². The van der Waals surface area contributed by atoms with Crippen molar-refractivity contribution in [2.24, 2.45) is 10.4 Å². The van der Waals surface area contributed by atoms with Gasteiger partial charge in [-0.3, -0.25) is 9.56 Å². The molecular formula is C46H58N4O. The van der Waals surface area contributed by atoms with Crippen molar-refractivity contribution in [3.63, 3.8) is 0 Å². The van der Waals surface area contributed by atoms with E-state index in [0.29, 0.717) is 6.04 Å². The molecule has 1 aliphatic carbocycles. The zero-order valence-electron chi connectivity index (χ0n) is 33.2. The van der Waals surface area contributed by atoms with Crippen molar-refractivity contribution in [3.05, 3.63) is 94.7 Å². The second-order valence-corrected chi connectivity index (χ2v) is 18.2. The number of fused-ring (bicyclic) bond motifs is 3. The third-order valence-corrected chi connectivity index (χ3v) is 12.4. The van der Waals surface area contributed by atoms with E-state index in [2.05, 4.69) is 147 Å². The zero-order valence-corrected chi connectivity index (χ0v) is 33.2. The lowest BCUT2D eigenvalue weighted by atomic mass is 9.64. The van der Waals surface area contributed by atoms with Gasteiger partial charge in [0.1, 0.15) is 23.0 Å². The number of benzene rings is 3. The van der Waals surface area contributed by atoms with Gasteiger partial charge in [0.05, 0.1) is 22.3 Å². The molecule has 0 amide bonds. The SMILES string of the molecule is Cc1cc(Oc2cc(C3=N[C@](C)(C(C)(C)C)C(C)(C)N3C3CCCCC3)c(C)cc2C)cc(-n2c3ccc(C(C)(C)C)cc3c3cccnc32)c1. The van der Waals surface area contributed by atoms with Crippen molar-refractivity contribution < 1.29 is 4.74 Å². The number of aryl methyl sites for hydroxylation is 3. The summed E-state index contributed by atoms with van der Waals surface area (Å²) in [6.07, 6.45) is 8.23. The number of amidine groups is 1. The Hall–Kier alpha value is -4.12. The highest BCUT2D eigenvalue weighted by Gasteiger charge is 2.59. The van der Waals surface area contributed by atoms with E-state index in [1.165, 1.54) is 54.2 Å². The summed E-state index contributed by atoms with van der Waals surface area (Å²) in [4.78, 5) is 13.3. The van der Waals surface area contributed by atoms with Crippen molar-refractivity contribution in [3.8, 4) is 17.2 Å². The van der Waals surface area contributed by atoms with Gasteiger partial charge in [-0.2, -0.15) is 0 Å². The normalized spacial score (nSPS) is 20.0. The average molecular weight is 683 g/mol. The maximum Gasteiger partial charge on any atom is 0.145 e. The summed E-state index contributed by atoms with van der Waals surface area (Å²) in [7, 11) is 0. The van der Waals surface area contributed by atoms with Gasteiger partial charge in [-0.15, -0.1) is 0 Å². The predicted molar refractivity (Wildman–Crippen MR) is 215 cm³/mol. The molecule has 3 heterocycles. The van der Waals surface area contributed by atoms with Crippen LogP contribution in [0.5, 0.6) is 11.5 Å². The summed E-state index contributed by atoms with van der Waals surface area (Å²) in [5, 5.41) is 2.38. The van der Waals surface area contributed by atoms with Crippen molar-refractivity contribution in [1.29, 1.82) is 0 Å². The van der Waals surface area contributed by atoms with Crippen LogP contribution in [0.4, 0.5) is 0 Å². The predicted octanol–water partition coefficient (Wildman–Crippen LogP) is 12.2. The van der Waals surface area contributed by atoms with E-state index in [4.69, 9.17) is 14.7 Å². The molecule has 1 aliphatic heterocycles. The first-order valence-electron chi connectivity index (χ1n) is 19.1. The van der Waals surface area contributed by atoms with Gasteiger partial charge >= 0.3 is 0 Å². The van der Waals surface area contributed by atoms with E-state index in [-0.39, 0.29) is 21.9 Å². The Morgan fingerprint density at radius 3 is 2.20 bits per heavy atom. The van der Waals surface area contributed by atoms with Crippen LogP contribution in [-0.4, -0.2) is 37.4 Å². The van der Waals surface area contributed by atoms with Crippen LogP contribution in [-0.2, 0) is 5.41 Å². The Balaban J connectivity index is 1.33. The fraction of sp³-hybridized carbons (Fsp3) is 0.478. The molecule has 268 valence electrons. The number of hydrogen-bond acceptors (Lipinski definition) is 4. The zero-order chi connectivity index (χ0) is 36.7. The number of pyridine rings is 1. The quantitative estimate of drug-likeness (QED) is 0.185. The summed E-state index contributed by atoms with van der Waals surface area (Å²) in [6.45, 7) is 27.6. The van der Waals surface area contributed by atoms with E-state index in [1.807, 2.05) is 12.3 Å². The van der Waals surface area contributed by atoms with Crippen LogP contribution in [0, 0.1) is 26.2 Å². The Labute approximate surface area is 306 Å². The Kier molecular flexibility index (Phi) is 8.47. The van der Waals surface area contributed by atoms with Crippen molar-refractivity contribution in [1.82, 2.24) is 14.5 Å². The van der Waals surface area contributed by atoms with Crippen LogP contribution >= 0.6 is 0 Å². The lowest BCUT2D eigenvalue weighted by molar-refractivity contribution is 0.0331. The van der Waals surface area contributed by atoms with Crippen LogP contribution in [0.1, 0.15) is 122 Å². The van der Waals surface area contributed by atoms with Gasteiger partial charge < -0.3 is 9.64 Å². The van der Waals surface area contributed by atoms with E-state index in [1.54, 1.807) is 0 Å². The Morgan fingerprint density at radius 2 is 1.51 bits per heavy atom. The molecule has 2 aliphatic rings. The molecule has 0 radical (unpaired) electrons. The van der Waals surface area contributed by atoms with E-state index >= 15 is 0 Å². The minimum Gasteiger partial charge on any atom is -0.457 e. The van der Waals surface area contributed by atoms with Crippen molar-refractivity contribution in [2.75, 3.05) is 0 Å². The van der Waals surface area contributed by atoms with Crippen LogP contribution in [0.2, 0.25) is 0 Å². The lowest BCUT2D eigenvalue weighted by Crippen LogP contribution is -2.62. The van der Waals surface area contributed by atoms with E-state index < -0.39 is 0 Å². The Bertz CT molecular complexity index is 2170. The average Bonchev–Trinajstić information content (AvgIpc) is 3.50. The highest BCUT2D eigenvalue weighted by Crippen LogP contribution is 2.52. The summed E-state index contributed by atoms with van der Waals surface area (Å²) in [5.41, 5.74) is 8.77. The van der Waals surface area contributed by atoms with Crippen LogP contribution in [0.3, 0.4) is 0 Å². The van der Waals surface area contributed by atoms with Crippen LogP contribution in [0.25, 0.3) is 27.6 Å². The van der Waals surface area contributed by atoms with Crippen LogP contribution < -0.4 is 4.74 Å². The number of nitrogens with zero attached hydrogens (tertiary/aromatic N) is 4. The van der Waals surface area contributed by atoms with Crippen LogP contribution in [0.15, 0.2) is 71.9 Å². The molecule has 1 saturated carbocycles. The fourth-order valence-corrected chi connectivity index (χ4v) is 8.95. The van der Waals surface area contributed by atoms with Crippen molar-refractivity contribution in [2.45, 2.75) is 138 Å². The summed E-state index contributed by atoms with van der Waals surface area (Å²) in [6, 6.07) is 22.7. The Morgan fingerprint density at radius 1 is 0.784 bits per heavy atom. The van der Waals surface area contributed by atoms with Gasteiger partial charge in [-0.25, -0.2) is 4.98 Å². The molecule has 2 aromatic heterocycles. The molecule has 0 N–H and O–H groups in total. The molecule has 5 aromatic rings. The monoisotopic (exact) mass is 682 g/mol. The largest absolute Gasteiger partial charge is 0.457 e. The molecule has 0 unspecified atom stereocenters. The summed E-state index contributed by atoms with van der Waals surface area (Å²) >= 11 is 0. The lowest BCUT2D eigenvalue weighted by Gasteiger charge is -2.52. The summed E-state index contributed by atoms with van der Waals surface area (Å²) in [5.74, 6) is 2.82. The molecule has 1 atom stereocenters. The van der Waals surface area contributed by atoms with Gasteiger partial charge in [-0.05, 0) is 130 Å². The number of aromatic nitrogens is 2. The van der Waals surface area contributed by atoms with E-state index in [9.17, 15) is 0 Å². The smallest absolute Gasteiger partial charge is 0.145 e. The number of aliphatic imine (C=N–C) groups is 1. The minimum absolute atomic E-state index is 0.0168. The van der Waals surface area contributed by atoms with Gasteiger partial charge in [0, 0.05) is 34.6 Å². The first kappa shape index (κ1) is 35.3. The number of ether oxygens (including phenoxy) is 1. The molecule has 5 nitrogen and oxygen atoms in total. The molecule has 1 fully saturated rings. The molecular weight excluding hydrogens is 625 g/mol. The maximum atomic E-state index is 6.92. The highest BCUT2D eigenvalue weighted by atomic mass is 16.5. The topological polar surface area (TPSA) is 42.6 Å². The molecule has 0 spiro atoms. The highest BCUT2D eigenvalue weighted by molar-refractivity contribution is 6.08. The molecule has 51 heavy (non-hydrogen) atoms. The van der Waals surface area contributed by atoms with E-state index in [0.717, 1.165) is 50.7 Å². The van der Waals surface area contributed by atoms with Gasteiger partial charge in [0.15, 0.2) is 0 Å². The standard InChI is InChI=1S/C46H58N4O/c1-29-23-34(49-39-21-20-32(43(4,5)6)26-38(39)36-19-16-22-47-41(36)49)27-35(24-29)51-40-28-37(30(2)25-31(40)3)42-48-46(12,44(7,8)9)45(10,11)50(42)33-17-14-13-15-18-33/h16,19-28,33H,13-15,17-18H2,1-12H3/t46-/m1/s1. The van der Waals surface area contributed by atoms with Gasteiger partial charge in [-0.1, -0.05) is 72.9 Å². The third kappa shape index (κ3) is 5.85. The second-order valence-electron chi connectivity index (χ2n) is 18.2. The molecule has 3 aromatic carbocycles. The number of rotatable bonds is 5. The molecule has 0 saturated heterocycles. The molecule has 5 heteroatoms. The second kappa shape index (κ2) is 12.2. The van der Waals surface area contributed by atoms with Gasteiger partial charge in [0.25, 0.3) is 0 Å². The first-order valence-corrected chi connectivity index (χ1v) is 19.1. The molecule has 7 rings (SSSR count). The molecule has 0 bridgehead atoms. The fourth-order valence-electron chi connectivity index (χ4n) is 8.95. The summed E-state index contributed by atoms with van der Waals surface area (Å²) < 4.78 is 9.20. The third-order valence-electron chi connectivity index (χ3n) is 12.4.